The predicted molar refractivity (Wildman–Crippen MR) is 89.9 cm³/mol. The summed E-state index contributed by atoms with van der Waals surface area (Å²) in [5.41, 5.74) is 2.23. The highest BCUT2D eigenvalue weighted by Crippen LogP contribution is 2.18. The molecule has 0 spiro atoms. The van der Waals surface area contributed by atoms with Crippen LogP contribution in [0.4, 0.5) is 0 Å². The van der Waals surface area contributed by atoms with Gasteiger partial charge in [0.25, 0.3) is 5.91 Å². The third kappa shape index (κ3) is 3.83. The van der Waals surface area contributed by atoms with Crippen molar-refractivity contribution in [3.05, 3.63) is 52.9 Å². The summed E-state index contributed by atoms with van der Waals surface area (Å²) in [6.07, 6.45) is 0. The van der Waals surface area contributed by atoms with Crippen LogP contribution < -0.4 is 5.32 Å². The van der Waals surface area contributed by atoms with Crippen LogP contribution in [0, 0.1) is 13.8 Å². The quantitative estimate of drug-likeness (QED) is 0.910. The largest absolute Gasteiger partial charge is 0.379 e. The van der Waals surface area contributed by atoms with Crippen molar-refractivity contribution < 1.29 is 14.1 Å². The Balaban J connectivity index is 1.78. The fraction of sp³-hybridized carbons (Fsp3) is 0.444. The number of aromatic nitrogens is 1. The highest BCUT2D eigenvalue weighted by molar-refractivity contribution is 5.96. The average Bonchev–Trinajstić information content (AvgIpc) is 2.94. The molecule has 1 amide bonds. The fourth-order valence-corrected chi connectivity index (χ4v) is 3.00. The van der Waals surface area contributed by atoms with Crippen molar-refractivity contribution in [1.82, 2.24) is 15.4 Å². The van der Waals surface area contributed by atoms with E-state index >= 15 is 0 Å². The van der Waals surface area contributed by atoms with Crippen LogP contribution in [-0.2, 0) is 4.74 Å². The van der Waals surface area contributed by atoms with Gasteiger partial charge in [-0.3, -0.25) is 9.69 Å². The summed E-state index contributed by atoms with van der Waals surface area (Å²) in [5, 5.41) is 7.01. The third-order valence-electron chi connectivity index (χ3n) is 4.31. The van der Waals surface area contributed by atoms with Crippen LogP contribution in [0.25, 0.3) is 0 Å². The molecule has 1 unspecified atom stereocenters. The molecule has 1 aromatic heterocycles. The molecule has 128 valence electrons. The van der Waals surface area contributed by atoms with Gasteiger partial charge in [-0.1, -0.05) is 35.5 Å². The summed E-state index contributed by atoms with van der Waals surface area (Å²) >= 11 is 0. The van der Waals surface area contributed by atoms with Gasteiger partial charge in [0.05, 0.1) is 24.9 Å². The van der Waals surface area contributed by atoms with Crippen LogP contribution in [0.3, 0.4) is 0 Å². The van der Waals surface area contributed by atoms with Crippen molar-refractivity contribution in [3.63, 3.8) is 0 Å². The third-order valence-corrected chi connectivity index (χ3v) is 4.31. The van der Waals surface area contributed by atoms with Crippen LogP contribution in [0.15, 0.2) is 34.9 Å². The monoisotopic (exact) mass is 329 g/mol. The van der Waals surface area contributed by atoms with Gasteiger partial charge in [-0.2, -0.15) is 0 Å². The summed E-state index contributed by atoms with van der Waals surface area (Å²) in [6, 6.07) is 9.95. The van der Waals surface area contributed by atoms with E-state index in [1.807, 2.05) is 30.3 Å². The Bertz CT molecular complexity index is 659. The molecule has 1 N–H and O–H groups in total. The number of ether oxygens (including phenoxy) is 1. The number of aryl methyl sites for hydroxylation is 2. The Kier molecular flexibility index (Phi) is 5.27. The first kappa shape index (κ1) is 16.7. The summed E-state index contributed by atoms with van der Waals surface area (Å²) in [5.74, 6) is 0.400. The maximum Gasteiger partial charge on any atom is 0.257 e. The van der Waals surface area contributed by atoms with Crippen LogP contribution >= 0.6 is 0 Å². The molecule has 1 aromatic carbocycles. The molecule has 0 bridgehead atoms. The van der Waals surface area contributed by atoms with E-state index in [4.69, 9.17) is 9.26 Å². The Hall–Kier alpha value is -2.18. The van der Waals surface area contributed by atoms with Gasteiger partial charge in [-0.25, -0.2) is 0 Å². The smallest absolute Gasteiger partial charge is 0.257 e. The SMILES string of the molecule is Cc1noc(C)c1C(=O)NC(CN1CCOCC1)c1ccccc1. The molecule has 0 radical (unpaired) electrons. The van der Waals surface area contributed by atoms with Gasteiger partial charge >= 0.3 is 0 Å². The Morgan fingerprint density at radius 1 is 1.25 bits per heavy atom. The van der Waals surface area contributed by atoms with Crippen molar-refractivity contribution in [2.45, 2.75) is 19.9 Å². The molecular formula is C18H23N3O3. The van der Waals surface area contributed by atoms with E-state index in [9.17, 15) is 4.79 Å². The molecular weight excluding hydrogens is 306 g/mol. The van der Waals surface area contributed by atoms with E-state index in [0.717, 1.165) is 38.4 Å². The van der Waals surface area contributed by atoms with Crippen LogP contribution in [0.5, 0.6) is 0 Å². The summed E-state index contributed by atoms with van der Waals surface area (Å²) < 4.78 is 10.5. The highest BCUT2D eigenvalue weighted by Gasteiger charge is 2.24. The van der Waals surface area contributed by atoms with Crippen molar-refractivity contribution in [1.29, 1.82) is 0 Å². The zero-order valence-corrected chi connectivity index (χ0v) is 14.1. The van der Waals surface area contributed by atoms with Crippen molar-refractivity contribution in [2.75, 3.05) is 32.8 Å². The predicted octanol–water partition coefficient (Wildman–Crippen LogP) is 2.09. The van der Waals surface area contributed by atoms with E-state index < -0.39 is 0 Å². The lowest BCUT2D eigenvalue weighted by Gasteiger charge is -2.31. The number of benzene rings is 1. The molecule has 3 rings (SSSR count). The molecule has 6 nitrogen and oxygen atoms in total. The van der Waals surface area contributed by atoms with Crippen LogP contribution in [-0.4, -0.2) is 48.8 Å². The zero-order chi connectivity index (χ0) is 16.9. The van der Waals surface area contributed by atoms with E-state index in [-0.39, 0.29) is 11.9 Å². The molecule has 2 heterocycles. The van der Waals surface area contributed by atoms with Gasteiger partial charge in [0.15, 0.2) is 0 Å². The first-order valence-electron chi connectivity index (χ1n) is 8.24. The number of morpholine rings is 1. The number of rotatable bonds is 5. The number of hydrogen-bond donors (Lipinski definition) is 1. The minimum absolute atomic E-state index is 0.0921. The first-order chi connectivity index (χ1) is 11.6. The molecule has 2 aromatic rings. The van der Waals surface area contributed by atoms with Gasteiger partial charge in [-0.05, 0) is 19.4 Å². The number of carbonyl (C=O) groups is 1. The van der Waals surface area contributed by atoms with Gasteiger partial charge in [-0.15, -0.1) is 0 Å². The van der Waals surface area contributed by atoms with Gasteiger partial charge in [0.2, 0.25) is 0 Å². The number of amides is 1. The van der Waals surface area contributed by atoms with E-state index in [1.165, 1.54) is 0 Å². The van der Waals surface area contributed by atoms with Crippen LogP contribution in [0.2, 0.25) is 0 Å². The number of hydrogen-bond acceptors (Lipinski definition) is 5. The fourth-order valence-electron chi connectivity index (χ4n) is 3.00. The molecule has 1 aliphatic rings. The van der Waals surface area contributed by atoms with Crippen molar-refractivity contribution >= 4 is 5.91 Å². The molecule has 1 aliphatic heterocycles. The van der Waals surface area contributed by atoms with E-state index in [0.29, 0.717) is 17.0 Å². The Labute approximate surface area is 141 Å². The minimum Gasteiger partial charge on any atom is -0.379 e. The second-order valence-corrected chi connectivity index (χ2v) is 6.05. The van der Waals surface area contributed by atoms with Gasteiger partial charge < -0.3 is 14.6 Å². The minimum atomic E-state index is -0.145. The van der Waals surface area contributed by atoms with Gasteiger partial charge in [0.1, 0.15) is 11.3 Å². The summed E-state index contributed by atoms with van der Waals surface area (Å²) in [7, 11) is 0. The summed E-state index contributed by atoms with van der Waals surface area (Å²) in [4.78, 5) is 15.0. The molecule has 1 saturated heterocycles. The van der Waals surface area contributed by atoms with Crippen LogP contribution in [0.1, 0.15) is 33.4 Å². The van der Waals surface area contributed by atoms with E-state index in [1.54, 1.807) is 13.8 Å². The lowest BCUT2D eigenvalue weighted by molar-refractivity contribution is 0.0332. The molecule has 24 heavy (non-hydrogen) atoms. The summed E-state index contributed by atoms with van der Waals surface area (Å²) in [6.45, 7) is 7.52. The lowest BCUT2D eigenvalue weighted by atomic mass is 10.0. The maximum atomic E-state index is 12.7. The first-order valence-corrected chi connectivity index (χ1v) is 8.24. The standard InChI is InChI=1S/C18H23N3O3/c1-13-17(14(2)24-20-13)18(22)19-16(15-6-4-3-5-7-15)12-21-8-10-23-11-9-21/h3-7,16H,8-12H2,1-2H3,(H,19,22). The second-order valence-electron chi connectivity index (χ2n) is 6.05. The normalized spacial score (nSPS) is 16.8. The molecule has 1 atom stereocenters. The second kappa shape index (κ2) is 7.59. The average molecular weight is 329 g/mol. The van der Waals surface area contributed by atoms with E-state index in [2.05, 4.69) is 15.4 Å². The van der Waals surface area contributed by atoms with Crippen molar-refractivity contribution in [3.8, 4) is 0 Å². The lowest BCUT2D eigenvalue weighted by Crippen LogP contribution is -2.43. The number of nitrogens with zero attached hydrogens (tertiary/aromatic N) is 2. The Morgan fingerprint density at radius 3 is 2.58 bits per heavy atom. The zero-order valence-electron chi connectivity index (χ0n) is 14.1. The highest BCUT2D eigenvalue weighted by atomic mass is 16.5. The molecule has 1 fully saturated rings. The van der Waals surface area contributed by atoms with Gasteiger partial charge in [0, 0.05) is 19.6 Å². The van der Waals surface area contributed by atoms with Crippen molar-refractivity contribution in [2.24, 2.45) is 0 Å². The number of carbonyl (C=O) groups excluding carboxylic acids is 1. The Morgan fingerprint density at radius 2 is 1.96 bits per heavy atom. The molecule has 0 saturated carbocycles. The number of nitrogens with one attached hydrogen (secondary N) is 1. The molecule has 6 heteroatoms. The maximum absolute atomic E-state index is 12.7. The topological polar surface area (TPSA) is 67.6 Å². The molecule has 0 aliphatic carbocycles.